The van der Waals surface area contributed by atoms with E-state index in [1.807, 2.05) is 31.2 Å². The van der Waals surface area contributed by atoms with Gasteiger partial charge in [-0.05, 0) is 67.1 Å². The van der Waals surface area contributed by atoms with Crippen LogP contribution in [-0.2, 0) is 13.1 Å². The van der Waals surface area contributed by atoms with Gasteiger partial charge in [-0.2, -0.15) is 0 Å². The van der Waals surface area contributed by atoms with Gasteiger partial charge in [0.2, 0.25) is 5.88 Å². The topological polar surface area (TPSA) is 73.1 Å². The normalized spacial score (nSPS) is 10.9. The maximum absolute atomic E-state index is 13.2. The summed E-state index contributed by atoms with van der Waals surface area (Å²) in [5.74, 6) is 1.15. The van der Waals surface area contributed by atoms with Crippen molar-refractivity contribution >= 4 is 22.3 Å². The molecule has 1 aromatic carbocycles. The van der Waals surface area contributed by atoms with Gasteiger partial charge < -0.3 is 15.8 Å². The molecule has 0 spiro atoms. The van der Waals surface area contributed by atoms with Gasteiger partial charge in [0, 0.05) is 17.6 Å². The number of alkyl halides is 1. The summed E-state index contributed by atoms with van der Waals surface area (Å²) in [4.78, 5) is 9.02. The molecule has 0 amide bonds. The van der Waals surface area contributed by atoms with Gasteiger partial charge in [-0.1, -0.05) is 6.07 Å². The molecule has 0 saturated heterocycles. The molecule has 2 heterocycles. The van der Waals surface area contributed by atoms with Crippen LogP contribution in [0.5, 0.6) is 5.88 Å². The molecule has 26 heavy (non-hydrogen) atoms. The molecule has 0 unspecified atom stereocenters. The number of hydrogen-bond acceptors (Lipinski definition) is 5. The van der Waals surface area contributed by atoms with E-state index < -0.39 is 6.67 Å². The standard InChI is InChI=1S/C20H23FN4O/c1-13-5-6-17(11-15(13)12-21)25-19-18-14(7-9-23-20(18)26-2)10-16(24-19)4-3-8-22/h5-7,9-11H,3-4,8,12,22H2,1-2H3,(H,24,25). The van der Waals surface area contributed by atoms with Crippen molar-refractivity contribution in [3.05, 3.63) is 53.3 Å². The minimum Gasteiger partial charge on any atom is -0.480 e. The van der Waals surface area contributed by atoms with Crippen molar-refractivity contribution in [1.82, 2.24) is 9.97 Å². The smallest absolute Gasteiger partial charge is 0.224 e. The fourth-order valence-electron chi connectivity index (χ4n) is 2.91. The van der Waals surface area contributed by atoms with Crippen LogP contribution in [0.15, 0.2) is 36.5 Å². The summed E-state index contributed by atoms with van der Waals surface area (Å²) >= 11 is 0. The predicted octanol–water partition coefficient (Wildman–Crippen LogP) is 4.05. The lowest BCUT2D eigenvalue weighted by atomic mass is 10.1. The summed E-state index contributed by atoms with van der Waals surface area (Å²) in [6.07, 6.45) is 3.36. The highest BCUT2D eigenvalue weighted by molar-refractivity contribution is 5.97. The lowest BCUT2D eigenvalue weighted by Crippen LogP contribution is -2.04. The maximum Gasteiger partial charge on any atom is 0.224 e. The van der Waals surface area contributed by atoms with Crippen molar-refractivity contribution in [2.75, 3.05) is 19.0 Å². The summed E-state index contributed by atoms with van der Waals surface area (Å²) in [7, 11) is 1.58. The first kappa shape index (κ1) is 18.1. The van der Waals surface area contributed by atoms with Gasteiger partial charge in [0.05, 0.1) is 12.5 Å². The maximum atomic E-state index is 13.2. The van der Waals surface area contributed by atoms with E-state index in [1.165, 1.54) is 0 Å². The summed E-state index contributed by atoms with van der Waals surface area (Å²) in [5.41, 5.74) is 8.93. The predicted molar refractivity (Wildman–Crippen MR) is 103 cm³/mol. The molecule has 0 radical (unpaired) electrons. The summed E-state index contributed by atoms with van der Waals surface area (Å²) in [5, 5.41) is 5.10. The van der Waals surface area contributed by atoms with Crippen LogP contribution in [0.4, 0.5) is 15.9 Å². The molecular formula is C20H23FN4O. The first-order valence-corrected chi connectivity index (χ1v) is 8.61. The fraction of sp³-hybridized carbons (Fsp3) is 0.300. The van der Waals surface area contributed by atoms with Crippen LogP contribution in [0.25, 0.3) is 10.8 Å². The number of nitrogens with zero attached hydrogens (tertiary/aromatic N) is 2. The number of pyridine rings is 2. The quantitative estimate of drug-likeness (QED) is 0.670. The number of nitrogens with one attached hydrogen (secondary N) is 1. The summed E-state index contributed by atoms with van der Waals surface area (Å²) < 4.78 is 18.6. The Morgan fingerprint density at radius 3 is 2.81 bits per heavy atom. The van der Waals surface area contributed by atoms with Crippen LogP contribution in [0.1, 0.15) is 23.2 Å². The van der Waals surface area contributed by atoms with E-state index in [-0.39, 0.29) is 0 Å². The Kier molecular flexibility index (Phi) is 5.63. The number of rotatable bonds is 7. The van der Waals surface area contributed by atoms with Crippen molar-refractivity contribution < 1.29 is 9.13 Å². The second-order valence-corrected chi connectivity index (χ2v) is 6.17. The molecule has 0 aliphatic rings. The summed E-state index contributed by atoms with van der Waals surface area (Å²) in [6, 6.07) is 9.57. The monoisotopic (exact) mass is 354 g/mol. The van der Waals surface area contributed by atoms with E-state index in [4.69, 9.17) is 15.5 Å². The third kappa shape index (κ3) is 3.75. The Morgan fingerprint density at radius 1 is 1.23 bits per heavy atom. The molecule has 6 heteroatoms. The van der Waals surface area contributed by atoms with Crippen LogP contribution >= 0.6 is 0 Å². The third-order valence-electron chi connectivity index (χ3n) is 4.35. The number of aryl methyl sites for hydroxylation is 2. The van der Waals surface area contributed by atoms with E-state index in [0.29, 0.717) is 23.8 Å². The zero-order valence-corrected chi connectivity index (χ0v) is 15.1. The lowest BCUT2D eigenvalue weighted by Gasteiger charge is -2.14. The van der Waals surface area contributed by atoms with Crippen molar-refractivity contribution in [1.29, 1.82) is 0 Å². The largest absolute Gasteiger partial charge is 0.480 e. The minimum atomic E-state index is -0.503. The zero-order valence-electron chi connectivity index (χ0n) is 15.1. The summed E-state index contributed by atoms with van der Waals surface area (Å²) in [6.45, 7) is 2.00. The van der Waals surface area contributed by atoms with Crippen LogP contribution in [0.2, 0.25) is 0 Å². The molecular weight excluding hydrogens is 331 g/mol. The number of anilines is 2. The molecule has 0 aliphatic heterocycles. The lowest BCUT2D eigenvalue weighted by molar-refractivity contribution is 0.403. The Balaban J connectivity index is 2.09. The molecule has 136 valence electrons. The van der Waals surface area contributed by atoms with Gasteiger partial charge in [-0.25, -0.2) is 14.4 Å². The van der Waals surface area contributed by atoms with Crippen molar-refractivity contribution in [3.8, 4) is 5.88 Å². The number of hydrogen-bond donors (Lipinski definition) is 2. The Labute approximate surface area is 152 Å². The highest BCUT2D eigenvalue weighted by Crippen LogP contribution is 2.32. The van der Waals surface area contributed by atoms with E-state index in [9.17, 15) is 4.39 Å². The van der Waals surface area contributed by atoms with Crippen LogP contribution in [0.3, 0.4) is 0 Å². The average molecular weight is 354 g/mol. The van der Waals surface area contributed by atoms with Crippen molar-refractivity contribution in [2.45, 2.75) is 26.4 Å². The molecule has 0 saturated carbocycles. The second kappa shape index (κ2) is 8.10. The fourth-order valence-corrected chi connectivity index (χ4v) is 2.91. The minimum absolute atomic E-state index is 0.501. The average Bonchev–Trinajstić information content (AvgIpc) is 2.67. The molecule has 0 atom stereocenters. The van der Waals surface area contributed by atoms with E-state index in [2.05, 4.69) is 10.3 Å². The molecule has 3 rings (SSSR count). The van der Waals surface area contributed by atoms with Gasteiger partial charge in [0.25, 0.3) is 0 Å². The Hall–Kier alpha value is -2.73. The molecule has 3 aromatic rings. The van der Waals surface area contributed by atoms with Gasteiger partial charge in [0.1, 0.15) is 12.5 Å². The number of halogens is 1. The van der Waals surface area contributed by atoms with Crippen molar-refractivity contribution in [2.24, 2.45) is 5.73 Å². The van der Waals surface area contributed by atoms with Gasteiger partial charge in [0.15, 0.2) is 0 Å². The number of fused-ring (bicyclic) bond motifs is 1. The SMILES string of the molecule is COc1nccc2cc(CCCN)nc(Nc3ccc(C)c(CF)c3)c12. The van der Waals surface area contributed by atoms with Crippen LogP contribution in [0, 0.1) is 6.92 Å². The Morgan fingerprint density at radius 2 is 2.08 bits per heavy atom. The number of nitrogens with two attached hydrogens (primary N) is 1. The molecule has 0 aliphatic carbocycles. The van der Waals surface area contributed by atoms with Gasteiger partial charge >= 0.3 is 0 Å². The molecule has 3 N–H and O–H groups in total. The van der Waals surface area contributed by atoms with E-state index >= 15 is 0 Å². The molecule has 0 fully saturated rings. The Bertz CT molecular complexity index is 914. The first-order chi connectivity index (χ1) is 12.7. The molecule has 0 bridgehead atoms. The highest BCUT2D eigenvalue weighted by Gasteiger charge is 2.13. The number of ether oxygens (including phenoxy) is 1. The first-order valence-electron chi connectivity index (χ1n) is 8.61. The van der Waals surface area contributed by atoms with Gasteiger partial charge in [-0.15, -0.1) is 0 Å². The third-order valence-corrected chi connectivity index (χ3v) is 4.35. The second-order valence-electron chi connectivity index (χ2n) is 6.17. The van der Waals surface area contributed by atoms with Crippen molar-refractivity contribution in [3.63, 3.8) is 0 Å². The molecule has 2 aromatic heterocycles. The van der Waals surface area contributed by atoms with E-state index in [1.54, 1.807) is 19.4 Å². The van der Waals surface area contributed by atoms with E-state index in [0.717, 1.165) is 40.6 Å². The van der Waals surface area contributed by atoms with Gasteiger partial charge in [-0.3, -0.25) is 0 Å². The molecule has 5 nitrogen and oxygen atoms in total. The van der Waals surface area contributed by atoms with Crippen LogP contribution < -0.4 is 15.8 Å². The van der Waals surface area contributed by atoms with Crippen LogP contribution in [-0.4, -0.2) is 23.6 Å². The number of methoxy groups -OCH3 is 1. The highest BCUT2D eigenvalue weighted by atomic mass is 19.1. The zero-order chi connectivity index (χ0) is 18.5. The number of aromatic nitrogens is 2. The number of benzene rings is 1.